The Morgan fingerprint density at radius 2 is 1.41 bits per heavy atom. The summed E-state index contributed by atoms with van der Waals surface area (Å²) in [5.74, 6) is 0. The molecule has 3 rings (SSSR count). The van der Waals surface area contributed by atoms with Gasteiger partial charge in [0.05, 0.1) is 11.4 Å². The zero-order valence-corrected chi connectivity index (χ0v) is 21.0. The summed E-state index contributed by atoms with van der Waals surface area (Å²) in [4.78, 5) is 8.86. The van der Waals surface area contributed by atoms with Gasteiger partial charge in [0.2, 0.25) is 0 Å². The van der Waals surface area contributed by atoms with Gasteiger partial charge in [0, 0.05) is 68.9 Å². The lowest BCUT2D eigenvalue weighted by atomic mass is 10.1. The lowest BCUT2D eigenvalue weighted by molar-refractivity contribution is 0.984. The van der Waals surface area contributed by atoms with Crippen LogP contribution < -0.4 is 21.3 Å². The van der Waals surface area contributed by atoms with Crippen molar-refractivity contribution in [3.8, 4) is 22.5 Å². The summed E-state index contributed by atoms with van der Waals surface area (Å²) in [6.07, 6.45) is 11.8. The minimum absolute atomic E-state index is 0.878. The van der Waals surface area contributed by atoms with Crippen molar-refractivity contribution in [3.63, 3.8) is 0 Å². The molecule has 0 fully saturated rings. The van der Waals surface area contributed by atoms with Gasteiger partial charge in [-0.25, -0.2) is 0 Å². The van der Waals surface area contributed by atoms with Crippen molar-refractivity contribution in [2.24, 2.45) is 0 Å². The van der Waals surface area contributed by atoms with E-state index in [0.29, 0.717) is 0 Å². The number of likely N-dealkylation sites (N-methyl/N-ethyl adjacent to an activating group) is 2. The highest BCUT2D eigenvalue weighted by molar-refractivity contribution is 5.74. The average Bonchev–Trinajstić information content (AvgIpc) is 2.91. The molecule has 2 heterocycles. The fourth-order valence-electron chi connectivity index (χ4n) is 3.16. The van der Waals surface area contributed by atoms with Crippen molar-refractivity contribution in [2.45, 2.75) is 13.8 Å². The second-order valence-electron chi connectivity index (χ2n) is 7.29. The summed E-state index contributed by atoms with van der Waals surface area (Å²) in [5, 5.41) is 12.5. The van der Waals surface area contributed by atoms with Gasteiger partial charge in [-0.05, 0) is 68.0 Å². The molecule has 1 aromatic carbocycles. The number of benzene rings is 1. The maximum atomic E-state index is 4.53. The highest BCUT2D eigenvalue weighted by Gasteiger charge is 2.05. The van der Waals surface area contributed by atoms with E-state index in [0.717, 1.165) is 45.3 Å². The minimum Gasteiger partial charge on any atom is -0.388 e. The summed E-state index contributed by atoms with van der Waals surface area (Å²) in [6, 6.07) is 16.2. The molecule has 3 aromatic rings. The maximum Gasteiger partial charge on any atom is 0.0886 e. The van der Waals surface area contributed by atoms with Crippen LogP contribution in [0.5, 0.6) is 0 Å². The number of rotatable bonds is 8. The van der Waals surface area contributed by atoms with Gasteiger partial charge in [-0.15, -0.1) is 0 Å². The molecule has 6 heteroatoms. The maximum absolute atomic E-state index is 4.53. The van der Waals surface area contributed by atoms with E-state index in [1.54, 1.807) is 6.20 Å². The molecule has 6 nitrogen and oxygen atoms in total. The first-order valence-corrected chi connectivity index (χ1v) is 11.3. The molecule has 178 valence electrons. The molecule has 0 aliphatic heterocycles. The van der Waals surface area contributed by atoms with Gasteiger partial charge < -0.3 is 21.3 Å². The van der Waals surface area contributed by atoms with Crippen molar-refractivity contribution in [2.75, 3.05) is 38.8 Å². The third kappa shape index (κ3) is 7.81. The van der Waals surface area contributed by atoms with Gasteiger partial charge in [0.25, 0.3) is 0 Å². The molecule has 0 spiro atoms. The number of nitrogens with zero attached hydrogens (tertiary/aromatic N) is 2. The molecule has 0 saturated carbocycles. The molecule has 4 N–H and O–H groups in total. The van der Waals surface area contributed by atoms with E-state index >= 15 is 0 Å². The highest BCUT2D eigenvalue weighted by atomic mass is 14.9. The molecule has 0 bridgehead atoms. The van der Waals surface area contributed by atoms with Gasteiger partial charge in [0.1, 0.15) is 0 Å². The summed E-state index contributed by atoms with van der Waals surface area (Å²) in [7, 11) is 7.66. The number of nitrogens with one attached hydrogen (secondary N) is 4. The molecular weight excluding hydrogens is 420 g/mol. The smallest absolute Gasteiger partial charge is 0.0886 e. The van der Waals surface area contributed by atoms with Crippen LogP contribution in [-0.2, 0) is 0 Å². The van der Waals surface area contributed by atoms with E-state index < -0.39 is 0 Å². The van der Waals surface area contributed by atoms with Crippen LogP contribution in [0.15, 0.2) is 96.6 Å². The van der Waals surface area contributed by atoms with Gasteiger partial charge in [-0.3, -0.25) is 9.97 Å². The van der Waals surface area contributed by atoms with Crippen LogP contribution in [-0.4, -0.2) is 38.2 Å². The van der Waals surface area contributed by atoms with Gasteiger partial charge in [0.15, 0.2) is 0 Å². The van der Waals surface area contributed by atoms with E-state index in [-0.39, 0.29) is 0 Å². The number of allylic oxidation sites excluding steroid dienone is 4. The SMILES string of the molecule is C/C=C/C(=C\C(=C/C)NC)NC.CNc1cc(NC)cc(-c2ccc(-c3ccccn3)nc2)c1. The first-order valence-electron chi connectivity index (χ1n) is 11.3. The van der Waals surface area contributed by atoms with Crippen LogP contribution in [0.3, 0.4) is 0 Å². The van der Waals surface area contributed by atoms with E-state index in [1.165, 1.54) is 0 Å². The topological polar surface area (TPSA) is 73.9 Å². The number of pyridine rings is 2. The summed E-state index contributed by atoms with van der Waals surface area (Å²) in [6.45, 7) is 4.01. The zero-order chi connectivity index (χ0) is 24.8. The Hall–Kier alpha value is -4.06. The van der Waals surface area contributed by atoms with Gasteiger partial charge in [-0.1, -0.05) is 24.3 Å². The fourth-order valence-corrected chi connectivity index (χ4v) is 3.16. The largest absolute Gasteiger partial charge is 0.388 e. The molecule has 0 aliphatic carbocycles. The summed E-state index contributed by atoms with van der Waals surface area (Å²) < 4.78 is 0. The van der Waals surface area contributed by atoms with E-state index in [4.69, 9.17) is 0 Å². The van der Waals surface area contributed by atoms with Crippen LogP contribution in [0.25, 0.3) is 22.5 Å². The number of hydrogen-bond acceptors (Lipinski definition) is 6. The van der Waals surface area contributed by atoms with Gasteiger partial charge >= 0.3 is 0 Å². The molecule has 2 aromatic heterocycles. The quantitative estimate of drug-likeness (QED) is 0.327. The molecule has 0 saturated heterocycles. The zero-order valence-electron chi connectivity index (χ0n) is 21.0. The predicted molar refractivity (Wildman–Crippen MR) is 147 cm³/mol. The molecule has 0 atom stereocenters. The average molecular weight is 457 g/mol. The lowest BCUT2D eigenvalue weighted by Crippen LogP contribution is -2.08. The molecular formula is C28H36N6. The normalized spacial score (nSPS) is 11.5. The van der Waals surface area contributed by atoms with Crippen LogP contribution in [0.4, 0.5) is 11.4 Å². The number of aromatic nitrogens is 2. The minimum atomic E-state index is 0.878. The fraction of sp³-hybridized carbons (Fsp3) is 0.214. The third-order valence-corrected chi connectivity index (χ3v) is 5.08. The standard InChI is InChI=1S/C18H18N4.C10H18N2/c1-19-15-9-14(10-16(11-15)20-2)13-6-7-18(22-12-13)17-5-3-4-8-21-17;1-5-7-10(12-4)8-9(6-2)11-3/h3-12,19-20H,1-2H3;5-8,11-12H,1-4H3/b;7-5+,9-6+,10-8+. The lowest BCUT2D eigenvalue weighted by Gasteiger charge is -2.10. The Labute approximate surface area is 204 Å². The first-order chi connectivity index (χ1) is 16.6. The van der Waals surface area contributed by atoms with Crippen molar-refractivity contribution >= 4 is 11.4 Å². The summed E-state index contributed by atoms with van der Waals surface area (Å²) in [5.41, 5.74) is 8.30. The molecule has 34 heavy (non-hydrogen) atoms. The Balaban J connectivity index is 0.000000292. The van der Waals surface area contributed by atoms with Gasteiger partial charge in [-0.2, -0.15) is 0 Å². The highest BCUT2D eigenvalue weighted by Crippen LogP contribution is 2.27. The molecule has 0 radical (unpaired) electrons. The third-order valence-electron chi connectivity index (χ3n) is 5.08. The van der Waals surface area contributed by atoms with E-state index in [1.807, 2.05) is 90.7 Å². The van der Waals surface area contributed by atoms with E-state index in [9.17, 15) is 0 Å². The van der Waals surface area contributed by atoms with Crippen LogP contribution in [0.2, 0.25) is 0 Å². The number of anilines is 2. The van der Waals surface area contributed by atoms with Crippen molar-refractivity contribution < 1.29 is 0 Å². The Kier molecular flexibility index (Phi) is 10.9. The number of hydrogen-bond donors (Lipinski definition) is 4. The first kappa shape index (κ1) is 26.2. The predicted octanol–water partition coefficient (Wildman–Crippen LogP) is 5.68. The second kappa shape index (κ2) is 14.2. The second-order valence-corrected chi connectivity index (χ2v) is 7.29. The molecule has 0 unspecified atom stereocenters. The van der Waals surface area contributed by atoms with Crippen molar-refractivity contribution in [1.29, 1.82) is 0 Å². The Bertz CT molecular complexity index is 1080. The molecule has 0 aliphatic rings. The van der Waals surface area contributed by atoms with Crippen molar-refractivity contribution in [3.05, 3.63) is 96.6 Å². The van der Waals surface area contributed by atoms with Crippen LogP contribution in [0.1, 0.15) is 13.8 Å². The monoisotopic (exact) mass is 456 g/mol. The summed E-state index contributed by atoms with van der Waals surface area (Å²) >= 11 is 0. The molecule has 0 amide bonds. The van der Waals surface area contributed by atoms with Crippen LogP contribution in [0, 0.1) is 0 Å². The van der Waals surface area contributed by atoms with Crippen LogP contribution >= 0.6 is 0 Å². The van der Waals surface area contributed by atoms with Crippen molar-refractivity contribution in [1.82, 2.24) is 20.6 Å². The van der Waals surface area contributed by atoms with E-state index in [2.05, 4.69) is 61.6 Å². The Morgan fingerprint density at radius 1 is 0.735 bits per heavy atom. The Morgan fingerprint density at radius 3 is 1.88 bits per heavy atom.